The van der Waals surface area contributed by atoms with Gasteiger partial charge in [-0.2, -0.15) is 0 Å². The van der Waals surface area contributed by atoms with Gasteiger partial charge in [-0.05, 0) is 57.4 Å². The summed E-state index contributed by atoms with van der Waals surface area (Å²) >= 11 is 0. The van der Waals surface area contributed by atoms with Gasteiger partial charge in [0.15, 0.2) is 5.60 Å². The molecule has 1 aliphatic rings. The molecular weight excluding hydrogens is 262 g/mol. The van der Waals surface area contributed by atoms with Crippen LogP contribution in [0.5, 0.6) is 5.75 Å². The topological polar surface area (TPSA) is 42.4 Å². The van der Waals surface area contributed by atoms with Gasteiger partial charge in [-0.15, -0.1) is 0 Å². The maximum absolute atomic E-state index is 11.6. The summed E-state index contributed by atoms with van der Waals surface area (Å²) < 4.78 is 6.18. The van der Waals surface area contributed by atoms with Gasteiger partial charge in [0, 0.05) is 23.5 Å². The number of aryl methyl sites for hydroxylation is 2. The minimum atomic E-state index is -1.20. The van der Waals surface area contributed by atoms with Gasteiger partial charge in [0.25, 0.3) is 0 Å². The van der Waals surface area contributed by atoms with Crippen LogP contribution in [0.25, 0.3) is 0 Å². The molecule has 1 aromatic carbocycles. The van der Waals surface area contributed by atoms with E-state index in [0.717, 1.165) is 28.0 Å². The number of rotatable bonds is 1. The van der Waals surface area contributed by atoms with E-state index < -0.39 is 11.2 Å². The van der Waals surface area contributed by atoms with Crippen LogP contribution in [-0.4, -0.2) is 15.7 Å². The van der Waals surface area contributed by atoms with Crippen LogP contribution in [-0.2, 0) is 5.60 Å². The van der Waals surface area contributed by atoms with Gasteiger partial charge in [0.05, 0.1) is 0 Å². The van der Waals surface area contributed by atoms with Crippen molar-refractivity contribution in [2.75, 3.05) is 0 Å². The lowest BCUT2D eigenvalue weighted by Crippen LogP contribution is -2.47. The van der Waals surface area contributed by atoms with Gasteiger partial charge >= 0.3 is 0 Å². The second-order valence-corrected chi connectivity index (χ2v) is 6.40. The Kier molecular flexibility index (Phi) is 2.89. The van der Waals surface area contributed by atoms with Gasteiger partial charge in [0.2, 0.25) is 0 Å². The van der Waals surface area contributed by atoms with E-state index >= 15 is 0 Å². The Balaban J connectivity index is 2.36. The molecular formula is C18H21NO2. The van der Waals surface area contributed by atoms with Crippen molar-refractivity contribution in [3.63, 3.8) is 0 Å². The Labute approximate surface area is 125 Å². The quantitative estimate of drug-likeness (QED) is 0.872. The third-order valence-corrected chi connectivity index (χ3v) is 4.66. The monoisotopic (exact) mass is 283 g/mol. The van der Waals surface area contributed by atoms with Gasteiger partial charge < -0.3 is 9.84 Å². The lowest BCUT2D eigenvalue weighted by atomic mass is 9.75. The molecule has 0 spiro atoms. The molecule has 3 rings (SSSR count). The molecule has 1 unspecified atom stereocenters. The number of pyridine rings is 1. The zero-order valence-corrected chi connectivity index (χ0v) is 13.2. The van der Waals surface area contributed by atoms with Crippen LogP contribution in [0.2, 0.25) is 0 Å². The highest BCUT2D eigenvalue weighted by Gasteiger charge is 2.56. The maximum atomic E-state index is 11.6. The van der Waals surface area contributed by atoms with E-state index in [1.165, 1.54) is 5.56 Å². The van der Waals surface area contributed by atoms with E-state index in [1.54, 1.807) is 12.4 Å². The molecule has 0 radical (unpaired) electrons. The summed E-state index contributed by atoms with van der Waals surface area (Å²) in [5.41, 5.74) is 3.00. The molecule has 0 aliphatic carbocycles. The normalized spacial score (nSPS) is 22.8. The Bertz CT molecular complexity index is 707. The summed E-state index contributed by atoms with van der Waals surface area (Å²) in [7, 11) is 0. The average Bonchev–Trinajstić information content (AvgIpc) is 2.66. The number of ether oxygens (including phenoxy) is 1. The minimum Gasteiger partial charge on any atom is -0.483 e. The fraction of sp³-hybridized carbons (Fsp3) is 0.389. The Morgan fingerprint density at radius 2 is 1.86 bits per heavy atom. The number of nitrogens with zero attached hydrogens (tertiary/aromatic N) is 1. The van der Waals surface area contributed by atoms with Gasteiger partial charge in [-0.25, -0.2) is 0 Å². The van der Waals surface area contributed by atoms with Gasteiger partial charge in [-0.1, -0.05) is 12.1 Å². The fourth-order valence-corrected chi connectivity index (χ4v) is 3.33. The lowest BCUT2D eigenvalue weighted by molar-refractivity contribution is -0.0647. The molecule has 0 fully saturated rings. The van der Waals surface area contributed by atoms with Crippen molar-refractivity contribution in [3.8, 4) is 5.75 Å². The number of hydrogen-bond donors (Lipinski definition) is 1. The predicted molar refractivity (Wildman–Crippen MR) is 82.6 cm³/mol. The number of benzene rings is 1. The van der Waals surface area contributed by atoms with E-state index in [9.17, 15) is 5.11 Å². The molecule has 21 heavy (non-hydrogen) atoms. The first-order chi connectivity index (χ1) is 9.79. The van der Waals surface area contributed by atoms with Crippen LogP contribution < -0.4 is 4.74 Å². The molecule has 0 amide bonds. The van der Waals surface area contributed by atoms with Gasteiger partial charge in [0.1, 0.15) is 11.4 Å². The van der Waals surface area contributed by atoms with Crippen LogP contribution in [0.3, 0.4) is 0 Å². The van der Waals surface area contributed by atoms with Crippen molar-refractivity contribution in [2.24, 2.45) is 0 Å². The first-order valence-corrected chi connectivity index (χ1v) is 7.22. The molecule has 3 heteroatoms. The van der Waals surface area contributed by atoms with E-state index in [-0.39, 0.29) is 0 Å². The summed E-state index contributed by atoms with van der Waals surface area (Å²) in [4.78, 5) is 4.17. The van der Waals surface area contributed by atoms with Gasteiger partial charge in [-0.3, -0.25) is 4.98 Å². The zero-order valence-electron chi connectivity index (χ0n) is 13.2. The molecule has 0 bridgehead atoms. The first kappa shape index (κ1) is 14.1. The molecule has 1 aromatic heterocycles. The summed E-state index contributed by atoms with van der Waals surface area (Å²) in [5.74, 6) is 0.809. The lowest BCUT2D eigenvalue weighted by Gasteiger charge is -2.36. The smallest absolute Gasteiger partial charge is 0.159 e. The number of aliphatic hydroxyl groups is 1. The first-order valence-electron chi connectivity index (χ1n) is 7.22. The fourth-order valence-electron chi connectivity index (χ4n) is 3.33. The summed E-state index contributed by atoms with van der Waals surface area (Å²) in [6.45, 7) is 9.99. The highest BCUT2D eigenvalue weighted by Crippen LogP contribution is 2.54. The molecule has 110 valence electrons. The molecule has 1 aliphatic heterocycles. The van der Waals surface area contributed by atoms with Crippen LogP contribution in [0.15, 0.2) is 30.6 Å². The Morgan fingerprint density at radius 1 is 1.14 bits per heavy atom. The van der Waals surface area contributed by atoms with Crippen LogP contribution in [0.4, 0.5) is 0 Å². The third-order valence-electron chi connectivity index (χ3n) is 4.66. The SMILES string of the molecule is Cc1cc(C)c2c(c1C)OC(C)(C)C2(O)c1cccnc1. The second-order valence-electron chi connectivity index (χ2n) is 6.40. The summed E-state index contributed by atoms with van der Waals surface area (Å²) in [5, 5.41) is 11.6. The Morgan fingerprint density at radius 3 is 2.48 bits per heavy atom. The Hall–Kier alpha value is -1.87. The highest BCUT2D eigenvalue weighted by atomic mass is 16.5. The van der Waals surface area contributed by atoms with Crippen molar-refractivity contribution >= 4 is 0 Å². The molecule has 1 atom stereocenters. The molecule has 3 nitrogen and oxygen atoms in total. The standard InChI is InChI=1S/C18H21NO2/c1-11-9-12(2)15-16(13(11)3)21-17(4,5)18(15,20)14-7-6-8-19-10-14/h6-10,20H,1-5H3. The highest BCUT2D eigenvalue weighted by molar-refractivity contribution is 5.60. The van der Waals surface area contributed by atoms with Crippen molar-refractivity contribution < 1.29 is 9.84 Å². The van der Waals surface area contributed by atoms with Crippen molar-refractivity contribution in [1.82, 2.24) is 4.98 Å². The maximum Gasteiger partial charge on any atom is 0.159 e. The number of aromatic nitrogens is 1. The largest absolute Gasteiger partial charge is 0.483 e. The van der Waals surface area contributed by atoms with Crippen molar-refractivity contribution in [1.29, 1.82) is 0 Å². The molecule has 2 heterocycles. The van der Waals surface area contributed by atoms with Crippen LogP contribution in [0, 0.1) is 20.8 Å². The molecule has 1 N–H and O–H groups in total. The molecule has 0 saturated heterocycles. The second kappa shape index (κ2) is 4.31. The molecule has 0 saturated carbocycles. The van der Waals surface area contributed by atoms with Crippen molar-refractivity contribution in [3.05, 3.63) is 58.4 Å². The van der Waals surface area contributed by atoms with Crippen LogP contribution >= 0.6 is 0 Å². The van der Waals surface area contributed by atoms with E-state index in [0.29, 0.717) is 0 Å². The predicted octanol–water partition coefficient (Wildman–Crippen LogP) is 3.41. The van der Waals surface area contributed by atoms with Crippen molar-refractivity contribution in [2.45, 2.75) is 45.8 Å². The number of hydrogen-bond acceptors (Lipinski definition) is 3. The minimum absolute atomic E-state index is 0.748. The average molecular weight is 283 g/mol. The third kappa shape index (κ3) is 1.74. The zero-order chi connectivity index (χ0) is 15.4. The van der Waals surface area contributed by atoms with Crippen LogP contribution in [0.1, 0.15) is 41.7 Å². The number of fused-ring (bicyclic) bond motifs is 1. The van der Waals surface area contributed by atoms with E-state index in [2.05, 4.69) is 18.0 Å². The van der Waals surface area contributed by atoms with E-state index in [1.807, 2.05) is 39.8 Å². The van der Waals surface area contributed by atoms with E-state index in [4.69, 9.17) is 4.74 Å². The summed E-state index contributed by atoms with van der Waals surface area (Å²) in [6, 6.07) is 5.86. The molecule has 2 aromatic rings. The summed E-state index contributed by atoms with van der Waals surface area (Å²) in [6.07, 6.45) is 3.43.